The molecular formula is C20H20N4O2. The number of carbonyl (C=O) groups is 1. The molecule has 2 heterocycles. The third-order valence-corrected chi connectivity index (χ3v) is 4.74. The van der Waals surface area contributed by atoms with Crippen molar-refractivity contribution in [3.05, 3.63) is 60.3 Å². The average molecular weight is 348 g/mol. The molecule has 1 aromatic heterocycles. The molecule has 1 aliphatic rings. The molecule has 0 unspecified atom stereocenters. The van der Waals surface area contributed by atoms with Gasteiger partial charge in [0.05, 0.1) is 0 Å². The van der Waals surface area contributed by atoms with Crippen molar-refractivity contribution in [3.63, 3.8) is 0 Å². The van der Waals surface area contributed by atoms with Gasteiger partial charge in [0.25, 0.3) is 5.91 Å². The van der Waals surface area contributed by atoms with E-state index >= 15 is 0 Å². The Morgan fingerprint density at radius 3 is 2.92 bits per heavy atom. The van der Waals surface area contributed by atoms with Gasteiger partial charge in [0.1, 0.15) is 5.75 Å². The number of anilines is 1. The van der Waals surface area contributed by atoms with Crippen LogP contribution in [0.3, 0.4) is 0 Å². The number of benzene rings is 2. The third kappa shape index (κ3) is 3.31. The normalized spacial score (nSPS) is 17.2. The number of hydrogen-bond acceptors (Lipinski definition) is 5. The highest BCUT2D eigenvalue weighted by Crippen LogP contribution is 2.26. The molecule has 1 atom stereocenters. The maximum Gasteiger partial charge on any atom is 0.251 e. The van der Waals surface area contributed by atoms with Crippen LogP contribution in [-0.2, 0) is 0 Å². The summed E-state index contributed by atoms with van der Waals surface area (Å²) in [6.45, 7) is 1.60. The number of aromatic nitrogens is 2. The fourth-order valence-corrected chi connectivity index (χ4v) is 3.46. The summed E-state index contributed by atoms with van der Waals surface area (Å²) in [5.74, 6) is 0.782. The molecule has 1 amide bonds. The van der Waals surface area contributed by atoms with Gasteiger partial charge >= 0.3 is 0 Å². The lowest BCUT2D eigenvalue weighted by Crippen LogP contribution is -2.48. The van der Waals surface area contributed by atoms with E-state index in [1.165, 1.54) is 6.07 Å². The van der Waals surface area contributed by atoms with E-state index in [0.717, 1.165) is 36.0 Å². The topological polar surface area (TPSA) is 78.4 Å². The van der Waals surface area contributed by atoms with Gasteiger partial charge in [-0.25, -0.2) is 0 Å². The van der Waals surface area contributed by atoms with Crippen molar-refractivity contribution in [1.29, 1.82) is 0 Å². The molecule has 26 heavy (non-hydrogen) atoms. The first-order valence-corrected chi connectivity index (χ1v) is 8.76. The van der Waals surface area contributed by atoms with Crippen LogP contribution < -0.4 is 10.2 Å². The van der Waals surface area contributed by atoms with E-state index < -0.39 is 0 Å². The Balaban J connectivity index is 1.49. The number of aromatic hydroxyl groups is 1. The molecule has 132 valence electrons. The zero-order chi connectivity index (χ0) is 17.9. The van der Waals surface area contributed by atoms with Crippen LogP contribution in [0.25, 0.3) is 10.8 Å². The highest BCUT2D eigenvalue weighted by Gasteiger charge is 2.23. The van der Waals surface area contributed by atoms with Gasteiger partial charge in [-0.3, -0.25) is 4.79 Å². The second-order valence-corrected chi connectivity index (χ2v) is 6.56. The summed E-state index contributed by atoms with van der Waals surface area (Å²) < 4.78 is 0. The second kappa shape index (κ2) is 7.00. The van der Waals surface area contributed by atoms with E-state index in [2.05, 4.69) is 20.4 Å². The number of nitrogens with zero attached hydrogens (tertiary/aromatic N) is 3. The SMILES string of the molecule is O=C(N[C@@H]1CCCN(c2cccnn2)C1)c1cc(O)c2ccccc2c1. The largest absolute Gasteiger partial charge is 0.507 e. The molecule has 0 bridgehead atoms. The van der Waals surface area contributed by atoms with E-state index in [1.54, 1.807) is 6.20 Å². The Labute approximate surface area is 151 Å². The van der Waals surface area contributed by atoms with Gasteiger partial charge < -0.3 is 15.3 Å². The molecule has 0 spiro atoms. The highest BCUT2D eigenvalue weighted by molar-refractivity contribution is 6.00. The van der Waals surface area contributed by atoms with Gasteiger partial charge in [0, 0.05) is 36.3 Å². The van der Waals surface area contributed by atoms with Gasteiger partial charge in [0.15, 0.2) is 5.82 Å². The van der Waals surface area contributed by atoms with Gasteiger partial charge in [-0.1, -0.05) is 24.3 Å². The average Bonchev–Trinajstić information content (AvgIpc) is 2.69. The number of hydrogen-bond donors (Lipinski definition) is 2. The summed E-state index contributed by atoms with van der Waals surface area (Å²) >= 11 is 0. The number of piperidine rings is 1. The summed E-state index contributed by atoms with van der Waals surface area (Å²) in [4.78, 5) is 14.8. The number of amides is 1. The third-order valence-electron chi connectivity index (χ3n) is 4.74. The molecular weight excluding hydrogens is 328 g/mol. The van der Waals surface area contributed by atoms with Crippen LogP contribution in [0.2, 0.25) is 0 Å². The van der Waals surface area contributed by atoms with Crippen molar-refractivity contribution >= 4 is 22.5 Å². The predicted molar refractivity (Wildman–Crippen MR) is 100 cm³/mol. The van der Waals surface area contributed by atoms with E-state index in [1.807, 2.05) is 42.5 Å². The predicted octanol–water partition coefficient (Wildman–Crippen LogP) is 2.73. The molecule has 0 saturated carbocycles. The van der Waals surface area contributed by atoms with E-state index in [4.69, 9.17) is 0 Å². The number of carbonyl (C=O) groups excluding carboxylic acids is 1. The first kappa shape index (κ1) is 16.3. The lowest BCUT2D eigenvalue weighted by molar-refractivity contribution is 0.0933. The van der Waals surface area contributed by atoms with Crippen LogP contribution in [-0.4, -0.2) is 40.3 Å². The Kier molecular flexibility index (Phi) is 4.39. The molecule has 3 aromatic rings. The van der Waals surface area contributed by atoms with Crippen molar-refractivity contribution in [3.8, 4) is 5.75 Å². The second-order valence-electron chi connectivity index (χ2n) is 6.56. The molecule has 6 nitrogen and oxygen atoms in total. The van der Waals surface area contributed by atoms with Crippen LogP contribution in [0.1, 0.15) is 23.2 Å². The molecule has 1 saturated heterocycles. The Hall–Kier alpha value is -3.15. The molecule has 2 N–H and O–H groups in total. The minimum Gasteiger partial charge on any atom is -0.507 e. The summed E-state index contributed by atoms with van der Waals surface area (Å²) in [7, 11) is 0. The maximum atomic E-state index is 12.7. The van der Waals surface area contributed by atoms with E-state index in [9.17, 15) is 9.90 Å². The standard InChI is InChI=1S/C20H20N4O2/c25-18-12-15(11-14-5-1-2-7-17(14)18)20(26)22-16-6-4-10-24(13-16)19-8-3-9-21-23-19/h1-3,5,7-9,11-12,16,25H,4,6,10,13H2,(H,22,26)/t16-/m1/s1. The lowest BCUT2D eigenvalue weighted by Gasteiger charge is -2.33. The number of fused-ring (bicyclic) bond motifs is 1. The van der Waals surface area contributed by atoms with Crippen LogP contribution >= 0.6 is 0 Å². The molecule has 6 heteroatoms. The summed E-state index contributed by atoms with van der Waals surface area (Å²) in [6.07, 6.45) is 3.55. The van der Waals surface area contributed by atoms with E-state index in [0.29, 0.717) is 12.1 Å². The fourth-order valence-electron chi connectivity index (χ4n) is 3.46. The van der Waals surface area contributed by atoms with Crippen LogP contribution in [0.5, 0.6) is 5.75 Å². The number of nitrogens with one attached hydrogen (secondary N) is 1. The zero-order valence-electron chi connectivity index (χ0n) is 14.3. The molecule has 0 radical (unpaired) electrons. The monoisotopic (exact) mass is 348 g/mol. The smallest absolute Gasteiger partial charge is 0.251 e. The first-order valence-electron chi connectivity index (χ1n) is 8.76. The Morgan fingerprint density at radius 1 is 1.19 bits per heavy atom. The molecule has 1 aliphatic heterocycles. The number of rotatable bonds is 3. The molecule has 1 fully saturated rings. The fraction of sp³-hybridized carbons (Fsp3) is 0.250. The first-order chi connectivity index (χ1) is 12.7. The molecule has 0 aliphatic carbocycles. The van der Waals surface area contributed by atoms with Crippen LogP contribution in [0, 0.1) is 0 Å². The van der Waals surface area contributed by atoms with Gasteiger partial charge in [-0.2, -0.15) is 5.10 Å². The van der Waals surface area contributed by atoms with Crippen molar-refractivity contribution < 1.29 is 9.90 Å². The van der Waals surface area contributed by atoms with Crippen LogP contribution in [0.15, 0.2) is 54.7 Å². The van der Waals surface area contributed by atoms with Gasteiger partial charge in [-0.15, -0.1) is 5.10 Å². The molecule has 2 aromatic carbocycles. The van der Waals surface area contributed by atoms with Crippen molar-refractivity contribution in [1.82, 2.24) is 15.5 Å². The van der Waals surface area contributed by atoms with Gasteiger partial charge in [-0.05, 0) is 42.5 Å². The van der Waals surface area contributed by atoms with Crippen LogP contribution in [0.4, 0.5) is 5.82 Å². The number of phenols is 1. The number of phenolic OH excluding ortho intramolecular Hbond substituents is 1. The minimum atomic E-state index is -0.169. The van der Waals surface area contributed by atoms with Crippen molar-refractivity contribution in [2.24, 2.45) is 0 Å². The zero-order valence-corrected chi connectivity index (χ0v) is 14.3. The highest BCUT2D eigenvalue weighted by atomic mass is 16.3. The van der Waals surface area contributed by atoms with Gasteiger partial charge in [0.2, 0.25) is 0 Å². The maximum absolute atomic E-state index is 12.7. The minimum absolute atomic E-state index is 0.0341. The Bertz CT molecular complexity index is 930. The summed E-state index contributed by atoms with van der Waals surface area (Å²) in [5.41, 5.74) is 0.470. The lowest BCUT2D eigenvalue weighted by atomic mass is 10.0. The van der Waals surface area contributed by atoms with E-state index in [-0.39, 0.29) is 17.7 Å². The summed E-state index contributed by atoms with van der Waals surface area (Å²) in [6, 6.07) is 14.7. The summed E-state index contributed by atoms with van der Waals surface area (Å²) in [5, 5.41) is 23.0. The van der Waals surface area contributed by atoms with Crippen molar-refractivity contribution in [2.75, 3.05) is 18.0 Å². The Morgan fingerprint density at radius 2 is 2.08 bits per heavy atom. The van der Waals surface area contributed by atoms with Crippen molar-refractivity contribution in [2.45, 2.75) is 18.9 Å². The molecule has 4 rings (SSSR count). The quantitative estimate of drug-likeness (QED) is 0.761.